The molecule has 0 amide bonds. The third-order valence-electron chi connectivity index (χ3n) is 1.74. The number of halogens is 4. The lowest BCUT2D eigenvalue weighted by Gasteiger charge is -2.12. The van der Waals surface area contributed by atoms with Crippen molar-refractivity contribution >= 4 is 21.6 Å². The van der Waals surface area contributed by atoms with E-state index in [0.717, 1.165) is 18.7 Å². The molecular weight excluding hydrogens is 287 g/mol. The second kappa shape index (κ2) is 5.43. The van der Waals surface area contributed by atoms with Crippen molar-refractivity contribution in [1.82, 2.24) is 0 Å². The van der Waals surface area contributed by atoms with Gasteiger partial charge in [0, 0.05) is 12.2 Å². The third kappa shape index (κ3) is 4.30. The highest BCUT2D eigenvalue weighted by Crippen LogP contribution is 2.32. The van der Waals surface area contributed by atoms with E-state index in [0.29, 0.717) is 0 Å². The maximum atomic E-state index is 12.0. The first kappa shape index (κ1) is 13.2. The van der Waals surface area contributed by atoms with Gasteiger partial charge in [0.2, 0.25) is 0 Å². The molecule has 2 nitrogen and oxygen atoms in total. The van der Waals surface area contributed by atoms with E-state index in [4.69, 9.17) is 0 Å². The lowest BCUT2D eigenvalue weighted by molar-refractivity contribution is -0.274. The molecule has 1 rings (SSSR count). The molecule has 0 aromatic heterocycles. The Morgan fingerprint density at radius 1 is 1.38 bits per heavy atom. The van der Waals surface area contributed by atoms with Crippen LogP contribution in [-0.2, 0) is 0 Å². The summed E-state index contributed by atoms with van der Waals surface area (Å²) in [7, 11) is 0. The van der Waals surface area contributed by atoms with Crippen molar-refractivity contribution in [2.45, 2.75) is 19.7 Å². The fourth-order valence-corrected chi connectivity index (χ4v) is 1.55. The van der Waals surface area contributed by atoms with E-state index in [1.54, 1.807) is 12.1 Å². The largest absolute Gasteiger partial charge is 0.573 e. The molecule has 0 aliphatic rings. The van der Waals surface area contributed by atoms with Crippen molar-refractivity contribution in [1.29, 1.82) is 0 Å². The number of nitrogens with one attached hydrogen (secondary N) is 1. The number of alkyl halides is 3. The van der Waals surface area contributed by atoms with Crippen molar-refractivity contribution in [3.63, 3.8) is 0 Å². The molecule has 0 atom stereocenters. The highest BCUT2D eigenvalue weighted by atomic mass is 79.9. The van der Waals surface area contributed by atoms with E-state index in [2.05, 4.69) is 26.0 Å². The minimum absolute atomic E-state index is 0.241. The zero-order valence-electron chi connectivity index (χ0n) is 8.57. The van der Waals surface area contributed by atoms with Crippen LogP contribution in [0.4, 0.5) is 18.9 Å². The smallest absolute Gasteiger partial charge is 0.405 e. The van der Waals surface area contributed by atoms with Crippen LogP contribution in [0.25, 0.3) is 0 Å². The summed E-state index contributed by atoms with van der Waals surface area (Å²) in [6.45, 7) is 2.77. The van der Waals surface area contributed by atoms with E-state index >= 15 is 0 Å². The van der Waals surface area contributed by atoms with Gasteiger partial charge in [-0.25, -0.2) is 0 Å². The zero-order valence-corrected chi connectivity index (χ0v) is 10.2. The lowest BCUT2D eigenvalue weighted by Crippen LogP contribution is -2.17. The Bertz CT molecular complexity index is 354. The molecule has 0 spiro atoms. The molecule has 0 aliphatic heterocycles. The predicted octanol–water partition coefficient (Wildman–Crippen LogP) is 4.17. The molecule has 6 heteroatoms. The van der Waals surface area contributed by atoms with Gasteiger partial charge in [-0.05, 0) is 40.5 Å². The van der Waals surface area contributed by atoms with Gasteiger partial charge in [0.15, 0.2) is 0 Å². The summed E-state index contributed by atoms with van der Waals surface area (Å²) in [6.07, 6.45) is -3.72. The van der Waals surface area contributed by atoms with E-state index in [-0.39, 0.29) is 10.2 Å². The lowest BCUT2D eigenvalue weighted by atomic mass is 10.3. The predicted molar refractivity (Wildman–Crippen MR) is 59.6 cm³/mol. The van der Waals surface area contributed by atoms with Crippen LogP contribution in [0.3, 0.4) is 0 Å². The van der Waals surface area contributed by atoms with Crippen LogP contribution in [0.15, 0.2) is 22.7 Å². The summed E-state index contributed by atoms with van der Waals surface area (Å²) in [5.74, 6) is -0.241. The molecular formula is C10H11BrF3NO. The highest BCUT2D eigenvalue weighted by Gasteiger charge is 2.31. The molecule has 1 aromatic carbocycles. The average molecular weight is 298 g/mol. The Labute approximate surface area is 99.9 Å². The normalized spacial score (nSPS) is 11.3. The van der Waals surface area contributed by atoms with Crippen molar-refractivity contribution in [3.05, 3.63) is 22.7 Å². The summed E-state index contributed by atoms with van der Waals surface area (Å²) >= 11 is 3.03. The maximum absolute atomic E-state index is 12.0. The number of benzene rings is 1. The molecule has 1 aromatic rings. The molecule has 16 heavy (non-hydrogen) atoms. The van der Waals surface area contributed by atoms with Gasteiger partial charge in [-0.15, -0.1) is 13.2 Å². The monoisotopic (exact) mass is 297 g/mol. The van der Waals surface area contributed by atoms with E-state index in [1.807, 2.05) is 6.92 Å². The topological polar surface area (TPSA) is 21.3 Å². The van der Waals surface area contributed by atoms with Crippen molar-refractivity contribution in [2.75, 3.05) is 11.9 Å². The van der Waals surface area contributed by atoms with Gasteiger partial charge in [-0.3, -0.25) is 0 Å². The van der Waals surface area contributed by atoms with Crippen LogP contribution in [0, 0.1) is 0 Å². The van der Waals surface area contributed by atoms with Crippen LogP contribution in [0.2, 0.25) is 0 Å². The first-order valence-electron chi connectivity index (χ1n) is 4.71. The Hall–Kier alpha value is -0.910. The van der Waals surface area contributed by atoms with E-state index in [1.165, 1.54) is 6.07 Å². The van der Waals surface area contributed by atoms with Crippen LogP contribution in [-0.4, -0.2) is 12.9 Å². The van der Waals surface area contributed by atoms with Crippen LogP contribution in [0.1, 0.15) is 13.3 Å². The minimum Gasteiger partial charge on any atom is -0.405 e. The fraction of sp³-hybridized carbons (Fsp3) is 0.400. The SMILES string of the molecule is CCCNc1ccc(OC(F)(F)F)c(Br)c1. The van der Waals surface area contributed by atoms with Crippen LogP contribution in [0.5, 0.6) is 5.75 Å². The average Bonchev–Trinajstić information content (AvgIpc) is 2.17. The van der Waals surface area contributed by atoms with E-state index in [9.17, 15) is 13.2 Å². The van der Waals surface area contributed by atoms with Gasteiger partial charge in [-0.1, -0.05) is 6.92 Å². The molecule has 0 unspecified atom stereocenters. The molecule has 0 heterocycles. The van der Waals surface area contributed by atoms with Crippen LogP contribution < -0.4 is 10.1 Å². The van der Waals surface area contributed by atoms with Gasteiger partial charge >= 0.3 is 6.36 Å². The quantitative estimate of drug-likeness (QED) is 0.900. The number of rotatable bonds is 4. The Morgan fingerprint density at radius 3 is 2.56 bits per heavy atom. The number of ether oxygens (including phenoxy) is 1. The zero-order chi connectivity index (χ0) is 12.2. The second-order valence-corrected chi connectivity index (χ2v) is 3.97. The second-order valence-electron chi connectivity index (χ2n) is 3.12. The molecule has 0 fully saturated rings. The Balaban J connectivity index is 2.75. The summed E-state index contributed by atoms with van der Waals surface area (Å²) in [6, 6.07) is 4.37. The fourth-order valence-electron chi connectivity index (χ4n) is 1.09. The maximum Gasteiger partial charge on any atom is 0.573 e. The molecule has 1 N–H and O–H groups in total. The summed E-state index contributed by atoms with van der Waals surface area (Å²) in [5, 5.41) is 3.06. The summed E-state index contributed by atoms with van der Waals surface area (Å²) < 4.78 is 40.0. The van der Waals surface area contributed by atoms with Gasteiger partial charge < -0.3 is 10.1 Å². The number of hydrogen-bond acceptors (Lipinski definition) is 2. The first-order chi connectivity index (χ1) is 7.42. The number of hydrogen-bond donors (Lipinski definition) is 1. The molecule has 0 aliphatic carbocycles. The van der Waals surface area contributed by atoms with Gasteiger partial charge in [0.05, 0.1) is 4.47 Å². The summed E-state index contributed by atoms with van der Waals surface area (Å²) in [4.78, 5) is 0. The third-order valence-corrected chi connectivity index (χ3v) is 2.36. The Kier molecular flexibility index (Phi) is 4.46. The van der Waals surface area contributed by atoms with Gasteiger partial charge in [0.1, 0.15) is 5.75 Å². The molecule has 0 saturated heterocycles. The molecule has 0 bridgehead atoms. The highest BCUT2D eigenvalue weighted by molar-refractivity contribution is 9.10. The van der Waals surface area contributed by atoms with Crippen LogP contribution >= 0.6 is 15.9 Å². The number of anilines is 1. The van der Waals surface area contributed by atoms with Gasteiger partial charge in [-0.2, -0.15) is 0 Å². The van der Waals surface area contributed by atoms with Gasteiger partial charge in [0.25, 0.3) is 0 Å². The van der Waals surface area contributed by atoms with E-state index < -0.39 is 6.36 Å². The standard InChI is InChI=1S/C10H11BrF3NO/c1-2-5-15-7-3-4-9(8(11)6-7)16-10(12,13)14/h3-4,6,15H,2,5H2,1H3. The van der Waals surface area contributed by atoms with Crippen molar-refractivity contribution < 1.29 is 17.9 Å². The van der Waals surface area contributed by atoms with Crippen molar-refractivity contribution in [2.24, 2.45) is 0 Å². The Morgan fingerprint density at radius 2 is 2.06 bits per heavy atom. The molecule has 0 saturated carbocycles. The first-order valence-corrected chi connectivity index (χ1v) is 5.51. The minimum atomic E-state index is -4.67. The summed E-state index contributed by atoms with van der Waals surface area (Å²) in [5.41, 5.74) is 0.753. The van der Waals surface area contributed by atoms with Crippen molar-refractivity contribution in [3.8, 4) is 5.75 Å². The molecule has 0 radical (unpaired) electrons. The molecule has 90 valence electrons.